The normalized spacial score (nSPS) is 19.8. The fraction of sp³-hybridized carbons (Fsp3) is 0.115. The van der Waals surface area contributed by atoms with E-state index in [0.717, 1.165) is 29.0 Å². The van der Waals surface area contributed by atoms with Crippen LogP contribution < -0.4 is 4.74 Å². The lowest BCUT2D eigenvalue weighted by Crippen LogP contribution is -2.33. The van der Waals surface area contributed by atoms with Crippen LogP contribution in [0.15, 0.2) is 96.1 Å². The van der Waals surface area contributed by atoms with Crippen molar-refractivity contribution in [3.8, 4) is 5.75 Å². The van der Waals surface area contributed by atoms with Crippen LogP contribution in [0.4, 0.5) is 0 Å². The van der Waals surface area contributed by atoms with Crippen molar-refractivity contribution in [2.45, 2.75) is 18.7 Å². The van der Waals surface area contributed by atoms with Crippen LogP contribution in [-0.4, -0.2) is 10.7 Å². The lowest BCUT2D eigenvalue weighted by atomic mass is 9.95. The molecule has 4 aromatic rings. The van der Waals surface area contributed by atoms with Gasteiger partial charge in [-0.25, -0.2) is 5.01 Å². The summed E-state index contributed by atoms with van der Waals surface area (Å²) in [5, 5.41) is 10.3. The number of ether oxygens (including phenoxy) is 1. The summed E-state index contributed by atoms with van der Waals surface area (Å²) in [6, 6.07) is 31.2. The van der Waals surface area contributed by atoms with Crippen molar-refractivity contribution in [3.63, 3.8) is 0 Å². The molecule has 146 valence electrons. The highest BCUT2D eigenvalue weighted by molar-refractivity contribution is 6.30. The number of halogens is 1. The van der Waals surface area contributed by atoms with Gasteiger partial charge in [-0.1, -0.05) is 78.3 Å². The Labute approximate surface area is 180 Å². The van der Waals surface area contributed by atoms with Crippen LogP contribution in [-0.2, 0) is 0 Å². The highest BCUT2D eigenvalue weighted by Gasteiger charge is 2.40. The molecule has 0 fully saturated rings. The van der Waals surface area contributed by atoms with Crippen LogP contribution in [0.25, 0.3) is 10.8 Å². The second-order valence-electron chi connectivity index (χ2n) is 7.77. The molecule has 4 heteroatoms. The highest BCUT2D eigenvalue weighted by Crippen LogP contribution is 2.47. The molecule has 2 atom stereocenters. The molecule has 0 spiro atoms. The Bertz CT molecular complexity index is 1300. The zero-order valence-electron chi connectivity index (χ0n) is 16.2. The third-order valence-corrected chi connectivity index (χ3v) is 6.15. The minimum Gasteiger partial charge on any atom is -0.464 e. The Morgan fingerprint density at radius 2 is 1.67 bits per heavy atom. The number of hydrazone groups is 1. The molecule has 0 amide bonds. The second-order valence-corrected chi connectivity index (χ2v) is 8.21. The Morgan fingerprint density at radius 3 is 2.57 bits per heavy atom. The van der Waals surface area contributed by atoms with Gasteiger partial charge in [-0.3, -0.25) is 0 Å². The van der Waals surface area contributed by atoms with Crippen LogP contribution in [0, 0.1) is 0 Å². The van der Waals surface area contributed by atoms with Crippen molar-refractivity contribution >= 4 is 28.1 Å². The van der Waals surface area contributed by atoms with Gasteiger partial charge in [-0.15, -0.1) is 0 Å². The summed E-state index contributed by atoms with van der Waals surface area (Å²) in [6.45, 7) is 0. The molecule has 2 heterocycles. The molecule has 0 radical (unpaired) electrons. The van der Waals surface area contributed by atoms with Crippen molar-refractivity contribution < 1.29 is 4.74 Å². The van der Waals surface area contributed by atoms with Crippen molar-refractivity contribution in [2.24, 2.45) is 5.10 Å². The standard InChI is InChI=1S/C26H19ClN2O/c27-21-9-5-8-20(15-21)26-29-24(22-10-3-4-11-25(22)30-26)16-23(28-29)19-13-12-17-6-1-2-7-18(17)14-19/h1-15,24,26H,16H2/t24-,26-/m0/s1. The number of para-hydroxylation sites is 1. The van der Waals surface area contributed by atoms with Crippen molar-refractivity contribution in [3.05, 3.63) is 113 Å². The Hall–Kier alpha value is -3.30. The van der Waals surface area contributed by atoms with Gasteiger partial charge in [0.15, 0.2) is 0 Å². The maximum absolute atomic E-state index is 6.40. The molecule has 0 unspecified atom stereocenters. The zero-order chi connectivity index (χ0) is 20.1. The SMILES string of the molecule is Clc1cccc([C@@H]2Oc3ccccc3[C@@H]3CC(c4ccc5ccccc5c4)=NN32)c1. The van der Waals surface area contributed by atoms with E-state index in [2.05, 4.69) is 59.6 Å². The number of nitrogens with zero attached hydrogens (tertiary/aromatic N) is 2. The van der Waals surface area contributed by atoms with Gasteiger partial charge in [-0.05, 0) is 40.6 Å². The highest BCUT2D eigenvalue weighted by atomic mass is 35.5. The van der Waals surface area contributed by atoms with E-state index >= 15 is 0 Å². The van der Waals surface area contributed by atoms with E-state index in [1.807, 2.05) is 36.4 Å². The van der Waals surface area contributed by atoms with Crippen LogP contribution in [0.2, 0.25) is 5.02 Å². The molecule has 6 rings (SSSR count). The summed E-state index contributed by atoms with van der Waals surface area (Å²) in [5.41, 5.74) is 4.42. The van der Waals surface area contributed by atoms with E-state index in [0.29, 0.717) is 5.02 Å². The molecular formula is C26H19ClN2O. The summed E-state index contributed by atoms with van der Waals surface area (Å²) in [4.78, 5) is 0. The van der Waals surface area contributed by atoms with Gasteiger partial charge in [0.05, 0.1) is 11.8 Å². The van der Waals surface area contributed by atoms with E-state index in [1.165, 1.54) is 16.3 Å². The Morgan fingerprint density at radius 1 is 0.833 bits per heavy atom. The molecule has 30 heavy (non-hydrogen) atoms. The molecule has 0 N–H and O–H groups in total. The summed E-state index contributed by atoms with van der Waals surface area (Å²) in [5.74, 6) is 0.915. The van der Waals surface area contributed by atoms with E-state index in [1.54, 1.807) is 0 Å². The first-order valence-electron chi connectivity index (χ1n) is 10.1. The average Bonchev–Trinajstić information content (AvgIpc) is 3.24. The van der Waals surface area contributed by atoms with Crippen LogP contribution >= 0.6 is 11.6 Å². The first-order valence-corrected chi connectivity index (χ1v) is 10.5. The smallest absolute Gasteiger partial charge is 0.213 e. The maximum Gasteiger partial charge on any atom is 0.213 e. The fourth-order valence-electron chi connectivity index (χ4n) is 4.46. The third-order valence-electron chi connectivity index (χ3n) is 5.92. The number of benzene rings is 4. The van der Waals surface area contributed by atoms with E-state index in [-0.39, 0.29) is 12.3 Å². The second kappa shape index (κ2) is 6.89. The molecule has 0 aromatic heterocycles. The van der Waals surface area contributed by atoms with Gasteiger partial charge in [0.25, 0.3) is 0 Å². The van der Waals surface area contributed by atoms with Gasteiger partial charge in [0.1, 0.15) is 5.75 Å². The van der Waals surface area contributed by atoms with E-state index in [9.17, 15) is 0 Å². The number of rotatable bonds is 2. The van der Waals surface area contributed by atoms with Gasteiger partial charge in [-0.2, -0.15) is 5.10 Å². The fourth-order valence-corrected chi connectivity index (χ4v) is 4.66. The molecule has 0 bridgehead atoms. The molecule has 0 saturated carbocycles. The number of fused-ring (bicyclic) bond motifs is 4. The zero-order valence-corrected chi connectivity index (χ0v) is 17.0. The average molecular weight is 411 g/mol. The summed E-state index contributed by atoms with van der Waals surface area (Å²) in [6.07, 6.45) is 0.539. The lowest BCUT2D eigenvalue weighted by Gasteiger charge is -2.38. The quantitative estimate of drug-likeness (QED) is 0.365. The Balaban J connectivity index is 1.45. The predicted octanol–water partition coefficient (Wildman–Crippen LogP) is 6.74. The van der Waals surface area contributed by atoms with Gasteiger partial charge >= 0.3 is 0 Å². The van der Waals surface area contributed by atoms with Crippen molar-refractivity contribution in [1.29, 1.82) is 0 Å². The molecular weight excluding hydrogens is 392 g/mol. The third kappa shape index (κ3) is 2.86. The first-order chi connectivity index (χ1) is 14.8. The predicted molar refractivity (Wildman–Crippen MR) is 121 cm³/mol. The van der Waals surface area contributed by atoms with Crippen molar-refractivity contribution in [2.75, 3.05) is 0 Å². The molecule has 0 saturated heterocycles. The van der Waals surface area contributed by atoms with Crippen LogP contribution in [0.5, 0.6) is 5.75 Å². The molecule has 0 aliphatic carbocycles. The molecule has 4 aromatic carbocycles. The van der Waals surface area contributed by atoms with E-state index in [4.69, 9.17) is 21.4 Å². The topological polar surface area (TPSA) is 24.8 Å². The monoisotopic (exact) mass is 410 g/mol. The van der Waals surface area contributed by atoms with Crippen molar-refractivity contribution in [1.82, 2.24) is 5.01 Å². The first kappa shape index (κ1) is 17.5. The summed E-state index contributed by atoms with van der Waals surface area (Å²) < 4.78 is 6.40. The maximum atomic E-state index is 6.40. The van der Waals surface area contributed by atoms with E-state index < -0.39 is 0 Å². The molecule has 2 aliphatic rings. The minimum absolute atomic E-state index is 0.139. The number of hydrogen-bond acceptors (Lipinski definition) is 3. The molecule has 2 aliphatic heterocycles. The number of hydrogen-bond donors (Lipinski definition) is 0. The van der Waals surface area contributed by atoms with Gasteiger partial charge in [0.2, 0.25) is 6.23 Å². The van der Waals surface area contributed by atoms with Gasteiger partial charge in [0, 0.05) is 22.6 Å². The molecule has 3 nitrogen and oxygen atoms in total. The minimum atomic E-state index is -0.304. The Kier molecular flexibility index (Phi) is 4.03. The summed E-state index contributed by atoms with van der Waals surface area (Å²) in [7, 11) is 0. The van der Waals surface area contributed by atoms with Crippen LogP contribution in [0.1, 0.15) is 35.4 Å². The van der Waals surface area contributed by atoms with Gasteiger partial charge < -0.3 is 4.74 Å². The van der Waals surface area contributed by atoms with Crippen LogP contribution in [0.3, 0.4) is 0 Å². The summed E-state index contributed by atoms with van der Waals surface area (Å²) >= 11 is 6.28. The largest absolute Gasteiger partial charge is 0.464 e. The lowest BCUT2D eigenvalue weighted by molar-refractivity contribution is -0.0190.